The van der Waals surface area contributed by atoms with Crippen LogP contribution in [-0.4, -0.2) is 18.1 Å². The van der Waals surface area contributed by atoms with Gasteiger partial charge in [0, 0.05) is 0 Å². The van der Waals surface area contributed by atoms with E-state index in [2.05, 4.69) is 4.98 Å². The Labute approximate surface area is 132 Å². The molecule has 0 amide bonds. The lowest BCUT2D eigenvalue weighted by molar-refractivity contribution is 0.0601. The van der Waals surface area contributed by atoms with E-state index in [1.807, 2.05) is 36.4 Å². The summed E-state index contributed by atoms with van der Waals surface area (Å²) in [4.78, 5) is 16.0. The first kappa shape index (κ1) is 14.7. The molecule has 0 aliphatic carbocycles. The maximum Gasteiger partial charge on any atom is 0.337 e. The number of rotatable bonds is 5. The molecule has 0 bridgehead atoms. The van der Waals surface area contributed by atoms with Crippen molar-refractivity contribution in [2.24, 2.45) is 0 Å². The van der Waals surface area contributed by atoms with Crippen LogP contribution in [0.15, 0.2) is 48.5 Å². The van der Waals surface area contributed by atoms with Crippen LogP contribution in [0.25, 0.3) is 10.2 Å². The van der Waals surface area contributed by atoms with Gasteiger partial charge in [-0.05, 0) is 23.8 Å². The average Bonchev–Trinajstić information content (AvgIpc) is 2.97. The molecule has 0 saturated carbocycles. The Kier molecular flexibility index (Phi) is 4.46. The van der Waals surface area contributed by atoms with Gasteiger partial charge in [0.2, 0.25) is 0 Å². The van der Waals surface area contributed by atoms with Gasteiger partial charge in [-0.3, -0.25) is 0 Å². The van der Waals surface area contributed by atoms with Gasteiger partial charge in [0.1, 0.15) is 5.01 Å². The quantitative estimate of drug-likeness (QED) is 0.672. The molecule has 3 aromatic rings. The molecule has 0 atom stereocenters. The maximum atomic E-state index is 11.5. The van der Waals surface area contributed by atoms with E-state index in [0.717, 1.165) is 20.8 Å². The lowest BCUT2D eigenvalue weighted by Crippen LogP contribution is -1.99. The molecule has 1 aromatic heterocycles. The van der Waals surface area contributed by atoms with Crippen molar-refractivity contribution in [2.75, 3.05) is 7.11 Å². The van der Waals surface area contributed by atoms with Gasteiger partial charge in [-0.15, -0.1) is 11.3 Å². The number of ether oxygens (including phenoxy) is 2. The van der Waals surface area contributed by atoms with Gasteiger partial charge < -0.3 is 9.47 Å². The second kappa shape index (κ2) is 6.68. The van der Waals surface area contributed by atoms with Crippen molar-refractivity contribution in [1.29, 1.82) is 0 Å². The Bertz CT molecular complexity index is 783. The molecule has 3 rings (SSSR count). The zero-order valence-corrected chi connectivity index (χ0v) is 12.9. The van der Waals surface area contributed by atoms with E-state index in [-0.39, 0.29) is 5.97 Å². The Morgan fingerprint density at radius 2 is 1.95 bits per heavy atom. The molecule has 0 aliphatic rings. The third-order valence-electron chi connectivity index (χ3n) is 3.19. The molecule has 1 heterocycles. The van der Waals surface area contributed by atoms with E-state index in [9.17, 15) is 4.79 Å². The van der Waals surface area contributed by atoms with Crippen LogP contribution in [0, 0.1) is 0 Å². The van der Waals surface area contributed by atoms with Crippen LogP contribution in [0.1, 0.15) is 20.9 Å². The molecule has 0 spiro atoms. The molecule has 0 saturated heterocycles. The van der Waals surface area contributed by atoms with Crippen LogP contribution in [0.5, 0.6) is 0 Å². The van der Waals surface area contributed by atoms with Crippen LogP contribution in [0.2, 0.25) is 0 Å². The van der Waals surface area contributed by atoms with Gasteiger partial charge in [0.25, 0.3) is 0 Å². The number of aromatic nitrogens is 1. The predicted octanol–water partition coefficient (Wildman–Crippen LogP) is 3.80. The molecular weight excluding hydrogens is 298 g/mol. The summed E-state index contributed by atoms with van der Waals surface area (Å²) in [5.74, 6) is -0.336. The summed E-state index contributed by atoms with van der Waals surface area (Å²) in [5.41, 5.74) is 2.54. The van der Waals surface area contributed by atoms with E-state index < -0.39 is 0 Å². The van der Waals surface area contributed by atoms with Crippen LogP contribution in [0.4, 0.5) is 0 Å². The fourth-order valence-corrected chi connectivity index (χ4v) is 3.05. The molecule has 0 unspecified atom stereocenters. The first-order valence-corrected chi connectivity index (χ1v) is 7.67. The Balaban J connectivity index is 1.68. The lowest BCUT2D eigenvalue weighted by atomic mass is 10.2. The smallest absolute Gasteiger partial charge is 0.337 e. The normalized spacial score (nSPS) is 10.8. The summed E-state index contributed by atoms with van der Waals surface area (Å²) in [7, 11) is 1.38. The van der Waals surface area contributed by atoms with E-state index in [1.54, 1.807) is 12.1 Å². The zero-order valence-electron chi connectivity index (χ0n) is 12.1. The number of carbonyl (C=O) groups is 1. The molecule has 5 heteroatoms. The Hall–Kier alpha value is -2.24. The topological polar surface area (TPSA) is 48.4 Å². The number of nitrogens with zero attached hydrogens (tertiary/aromatic N) is 1. The van der Waals surface area contributed by atoms with Crippen LogP contribution < -0.4 is 0 Å². The highest BCUT2D eigenvalue weighted by molar-refractivity contribution is 7.18. The van der Waals surface area contributed by atoms with Crippen molar-refractivity contribution in [3.63, 3.8) is 0 Å². The van der Waals surface area contributed by atoms with Crippen LogP contribution >= 0.6 is 11.3 Å². The lowest BCUT2D eigenvalue weighted by Gasteiger charge is -2.01. The summed E-state index contributed by atoms with van der Waals surface area (Å²) in [6.07, 6.45) is 0. The molecule has 22 heavy (non-hydrogen) atoms. The first-order valence-electron chi connectivity index (χ1n) is 6.86. The fourth-order valence-electron chi connectivity index (χ4n) is 2.11. The van der Waals surface area contributed by atoms with Gasteiger partial charge in [-0.1, -0.05) is 30.3 Å². The van der Waals surface area contributed by atoms with Gasteiger partial charge in [-0.25, -0.2) is 9.78 Å². The number of esters is 1. The van der Waals surface area contributed by atoms with E-state index in [0.29, 0.717) is 18.8 Å². The Morgan fingerprint density at radius 3 is 2.73 bits per heavy atom. The number of thiazole rings is 1. The molecule has 0 aliphatic heterocycles. The highest BCUT2D eigenvalue weighted by Crippen LogP contribution is 2.24. The SMILES string of the molecule is COC(=O)c1ccc2nc(COCc3ccccc3)sc2c1. The van der Waals surface area contributed by atoms with Crippen molar-refractivity contribution < 1.29 is 14.3 Å². The van der Waals surface area contributed by atoms with Gasteiger partial charge in [-0.2, -0.15) is 0 Å². The molecule has 0 fully saturated rings. The van der Waals surface area contributed by atoms with E-state index in [4.69, 9.17) is 9.47 Å². The van der Waals surface area contributed by atoms with Crippen molar-refractivity contribution in [1.82, 2.24) is 4.98 Å². The number of fused-ring (bicyclic) bond motifs is 1. The van der Waals surface area contributed by atoms with Crippen molar-refractivity contribution in [2.45, 2.75) is 13.2 Å². The average molecular weight is 313 g/mol. The second-order valence-electron chi connectivity index (χ2n) is 4.76. The molecule has 2 aromatic carbocycles. The highest BCUT2D eigenvalue weighted by atomic mass is 32.1. The monoisotopic (exact) mass is 313 g/mol. The molecule has 0 N–H and O–H groups in total. The van der Waals surface area contributed by atoms with Crippen LogP contribution in [-0.2, 0) is 22.7 Å². The zero-order chi connectivity index (χ0) is 15.4. The third kappa shape index (κ3) is 3.32. The largest absolute Gasteiger partial charge is 0.465 e. The first-order chi connectivity index (χ1) is 10.8. The molecule has 4 nitrogen and oxygen atoms in total. The minimum atomic E-state index is -0.336. The maximum absolute atomic E-state index is 11.5. The second-order valence-corrected chi connectivity index (χ2v) is 5.88. The molecular formula is C17H15NO3S. The number of benzene rings is 2. The number of carbonyl (C=O) groups excluding carboxylic acids is 1. The molecule has 112 valence electrons. The van der Waals surface area contributed by atoms with E-state index >= 15 is 0 Å². The highest BCUT2D eigenvalue weighted by Gasteiger charge is 2.09. The summed E-state index contributed by atoms with van der Waals surface area (Å²) < 4.78 is 11.4. The van der Waals surface area contributed by atoms with Gasteiger partial charge >= 0.3 is 5.97 Å². The number of hydrogen-bond donors (Lipinski definition) is 0. The minimum Gasteiger partial charge on any atom is -0.465 e. The standard InChI is InChI=1S/C17H15NO3S/c1-20-17(19)13-7-8-14-15(9-13)22-16(18-14)11-21-10-12-5-3-2-4-6-12/h2-9H,10-11H2,1H3. The Morgan fingerprint density at radius 1 is 1.14 bits per heavy atom. The van der Waals surface area contributed by atoms with Crippen LogP contribution in [0.3, 0.4) is 0 Å². The summed E-state index contributed by atoms with van der Waals surface area (Å²) >= 11 is 1.53. The van der Waals surface area contributed by atoms with Crippen molar-refractivity contribution in [3.8, 4) is 0 Å². The van der Waals surface area contributed by atoms with Gasteiger partial charge in [0.05, 0.1) is 36.1 Å². The molecule has 0 radical (unpaired) electrons. The fraction of sp³-hybridized carbons (Fsp3) is 0.176. The van der Waals surface area contributed by atoms with Gasteiger partial charge in [0.15, 0.2) is 0 Å². The number of methoxy groups -OCH3 is 1. The van der Waals surface area contributed by atoms with Crippen molar-refractivity contribution in [3.05, 3.63) is 64.7 Å². The summed E-state index contributed by atoms with van der Waals surface area (Å²) in [6.45, 7) is 1.02. The van der Waals surface area contributed by atoms with Crippen molar-refractivity contribution >= 4 is 27.5 Å². The predicted molar refractivity (Wildman–Crippen MR) is 85.9 cm³/mol. The number of hydrogen-bond acceptors (Lipinski definition) is 5. The van der Waals surface area contributed by atoms with E-state index in [1.165, 1.54) is 18.4 Å². The third-order valence-corrected chi connectivity index (χ3v) is 4.18. The summed E-state index contributed by atoms with van der Waals surface area (Å²) in [5, 5.41) is 0.896. The summed E-state index contributed by atoms with van der Waals surface area (Å²) in [6, 6.07) is 15.4. The minimum absolute atomic E-state index is 0.336.